The van der Waals surface area contributed by atoms with E-state index in [2.05, 4.69) is 15.3 Å². The molecule has 2 aromatic rings. The van der Waals surface area contributed by atoms with Crippen LogP contribution in [0, 0.1) is 0 Å². The number of hydrogen-bond acceptors (Lipinski definition) is 6. The highest BCUT2D eigenvalue weighted by atomic mass is 16.5. The van der Waals surface area contributed by atoms with Crippen LogP contribution in [0.5, 0.6) is 5.75 Å². The van der Waals surface area contributed by atoms with Crippen molar-refractivity contribution in [2.45, 2.75) is 70.4 Å². The summed E-state index contributed by atoms with van der Waals surface area (Å²) in [6, 6.07) is 7.95. The van der Waals surface area contributed by atoms with Gasteiger partial charge in [0.05, 0.1) is 0 Å². The maximum absolute atomic E-state index is 13.2. The van der Waals surface area contributed by atoms with Gasteiger partial charge in [-0.1, -0.05) is 18.2 Å². The number of likely N-dealkylation sites (tertiary alicyclic amines) is 1. The molecular formula is C31H44N6O4. The molecule has 1 saturated heterocycles. The molecule has 0 radical (unpaired) electrons. The Kier molecular flexibility index (Phi) is 9.59. The molecule has 1 N–H and O–H groups in total. The van der Waals surface area contributed by atoms with Crippen LogP contribution < -0.4 is 10.1 Å². The molecule has 2 bridgehead atoms. The van der Waals surface area contributed by atoms with E-state index in [0.29, 0.717) is 31.6 Å². The highest BCUT2D eigenvalue weighted by molar-refractivity contribution is 5.94. The number of carbonyl (C=O) groups excluding carboxylic acids is 3. The Hall–Kier alpha value is -3.40. The smallest absolute Gasteiger partial charge is 0.272 e. The van der Waals surface area contributed by atoms with E-state index in [1.807, 2.05) is 52.8 Å². The Labute approximate surface area is 243 Å². The molecule has 2 aliphatic heterocycles. The van der Waals surface area contributed by atoms with Gasteiger partial charge in [-0.05, 0) is 64.0 Å². The fraction of sp³-hybridized carbons (Fsp3) is 0.613. The Bertz CT molecular complexity index is 1240. The summed E-state index contributed by atoms with van der Waals surface area (Å²) in [6.45, 7) is 4.37. The van der Waals surface area contributed by atoms with Crippen LogP contribution in [0.15, 0.2) is 24.3 Å². The fourth-order valence-corrected chi connectivity index (χ4v) is 6.37. The molecule has 222 valence electrons. The number of para-hydroxylation sites is 1. The quantitative estimate of drug-likeness (QED) is 0.599. The zero-order valence-electron chi connectivity index (χ0n) is 24.6. The van der Waals surface area contributed by atoms with E-state index in [4.69, 9.17) is 4.74 Å². The van der Waals surface area contributed by atoms with E-state index in [-0.39, 0.29) is 30.4 Å². The third kappa shape index (κ3) is 7.09. The van der Waals surface area contributed by atoms with Crippen molar-refractivity contribution in [2.24, 2.45) is 7.05 Å². The number of carbonyl (C=O) groups is 3. The summed E-state index contributed by atoms with van der Waals surface area (Å²) in [7, 11) is 3.79. The Morgan fingerprint density at radius 1 is 1.00 bits per heavy atom. The van der Waals surface area contributed by atoms with Gasteiger partial charge in [-0.2, -0.15) is 5.10 Å². The van der Waals surface area contributed by atoms with Crippen molar-refractivity contribution in [3.63, 3.8) is 0 Å². The first kappa shape index (κ1) is 29.1. The molecule has 1 fully saturated rings. The van der Waals surface area contributed by atoms with Crippen LogP contribution in [0.2, 0.25) is 0 Å². The summed E-state index contributed by atoms with van der Waals surface area (Å²) < 4.78 is 7.87. The van der Waals surface area contributed by atoms with Crippen molar-refractivity contribution in [1.82, 2.24) is 29.8 Å². The van der Waals surface area contributed by atoms with Crippen molar-refractivity contribution in [3.05, 3.63) is 46.8 Å². The van der Waals surface area contributed by atoms with Gasteiger partial charge in [0.15, 0.2) is 12.3 Å². The van der Waals surface area contributed by atoms with Gasteiger partial charge in [-0.15, -0.1) is 0 Å². The molecule has 3 amide bonds. The second-order valence-electron chi connectivity index (χ2n) is 11.6. The molecule has 0 spiro atoms. The Morgan fingerprint density at radius 2 is 1.78 bits per heavy atom. The van der Waals surface area contributed by atoms with E-state index in [9.17, 15) is 14.4 Å². The van der Waals surface area contributed by atoms with Crippen LogP contribution >= 0.6 is 0 Å². The highest BCUT2D eigenvalue weighted by Crippen LogP contribution is 2.27. The van der Waals surface area contributed by atoms with E-state index in [1.54, 1.807) is 0 Å². The Morgan fingerprint density at radius 3 is 2.61 bits per heavy atom. The van der Waals surface area contributed by atoms with E-state index in [1.165, 1.54) is 6.42 Å². The molecule has 1 aliphatic carbocycles. The summed E-state index contributed by atoms with van der Waals surface area (Å²) in [4.78, 5) is 45.1. The normalized spacial score (nSPS) is 21.2. The molecule has 3 aliphatic rings. The van der Waals surface area contributed by atoms with Crippen molar-refractivity contribution >= 4 is 17.7 Å². The number of ether oxygens (including phenoxy) is 1. The summed E-state index contributed by atoms with van der Waals surface area (Å²) >= 11 is 0. The third-order valence-electron chi connectivity index (χ3n) is 8.81. The number of likely N-dealkylation sites (N-methyl/N-ethyl adjacent to an activating group) is 1. The lowest BCUT2D eigenvalue weighted by Crippen LogP contribution is -2.41. The standard InChI is InChI=1S/C31H44N6O4/c1-34-24-13-14-26-25(20-24)30(33-35(26)2)31(40)32-15-9-17-36(16-8-12-28(34)38)21-23-10-4-5-11-27(23)41-22-29(39)37-18-6-3-7-19-37/h4-5,10-11,24H,3,6-9,12-22H2,1-2H3,(H,32,40). The largest absolute Gasteiger partial charge is 0.483 e. The average molecular weight is 565 g/mol. The molecular weight excluding hydrogens is 520 g/mol. The van der Waals surface area contributed by atoms with Crippen molar-refractivity contribution < 1.29 is 19.1 Å². The highest BCUT2D eigenvalue weighted by Gasteiger charge is 2.31. The lowest BCUT2D eigenvalue weighted by molar-refractivity contribution is -0.134. The number of fused-ring (bicyclic) bond motifs is 1. The molecule has 0 saturated carbocycles. The number of amides is 3. The molecule has 10 heteroatoms. The predicted octanol–water partition coefficient (Wildman–Crippen LogP) is 2.54. The molecule has 3 heterocycles. The minimum absolute atomic E-state index is 0.0394. The van der Waals surface area contributed by atoms with Crippen LogP contribution in [0.1, 0.15) is 72.3 Å². The van der Waals surface area contributed by atoms with E-state index in [0.717, 1.165) is 87.3 Å². The second kappa shape index (κ2) is 13.5. The van der Waals surface area contributed by atoms with Crippen LogP contribution in [-0.4, -0.2) is 94.6 Å². The molecule has 1 unspecified atom stereocenters. The zero-order valence-corrected chi connectivity index (χ0v) is 24.6. The number of nitrogens with zero attached hydrogens (tertiary/aromatic N) is 5. The van der Waals surface area contributed by atoms with Gasteiger partial charge in [0.2, 0.25) is 5.91 Å². The lowest BCUT2D eigenvalue weighted by Gasteiger charge is -2.32. The maximum Gasteiger partial charge on any atom is 0.272 e. The monoisotopic (exact) mass is 564 g/mol. The zero-order chi connectivity index (χ0) is 28.8. The van der Waals surface area contributed by atoms with Crippen molar-refractivity contribution in [3.8, 4) is 5.75 Å². The van der Waals surface area contributed by atoms with Crippen molar-refractivity contribution in [1.29, 1.82) is 0 Å². The van der Waals surface area contributed by atoms with Crippen LogP contribution in [0.25, 0.3) is 0 Å². The summed E-state index contributed by atoms with van der Waals surface area (Å²) in [5.74, 6) is 0.758. The van der Waals surface area contributed by atoms with Gasteiger partial charge in [-0.3, -0.25) is 24.0 Å². The third-order valence-corrected chi connectivity index (χ3v) is 8.81. The number of benzene rings is 1. The number of hydrogen-bond donors (Lipinski definition) is 1. The van der Waals surface area contributed by atoms with Crippen LogP contribution in [0.3, 0.4) is 0 Å². The van der Waals surface area contributed by atoms with Crippen LogP contribution in [-0.2, 0) is 36.0 Å². The minimum atomic E-state index is -0.144. The van der Waals surface area contributed by atoms with Gasteiger partial charge in [0.1, 0.15) is 5.75 Å². The summed E-state index contributed by atoms with van der Waals surface area (Å²) in [5.41, 5.74) is 3.58. The minimum Gasteiger partial charge on any atom is -0.483 e. The Balaban J connectivity index is 1.25. The van der Waals surface area contributed by atoms with Crippen molar-refractivity contribution in [2.75, 3.05) is 46.4 Å². The lowest BCUT2D eigenvalue weighted by atomic mass is 9.90. The fourth-order valence-electron chi connectivity index (χ4n) is 6.37. The first-order chi connectivity index (χ1) is 19.9. The maximum atomic E-state index is 13.2. The predicted molar refractivity (Wildman–Crippen MR) is 156 cm³/mol. The second-order valence-corrected chi connectivity index (χ2v) is 11.6. The topological polar surface area (TPSA) is 100 Å². The van der Waals surface area contributed by atoms with Gasteiger partial charge >= 0.3 is 0 Å². The first-order valence-corrected chi connectivity index (χ1v) is 15.2. The molecule has 1 aromatic carbocycles. The molecule has 1 atom stereocenters. The number of aromatic nitrogens is 2. The summed E-state index contributed by atoms with van der Waals surface area (Å²) in [6.07, 6.45) is 7.65. The number of piperidine rings is 1. The summed E-state index contributed by atoms with van der Waals surface area (Å²) in [5, 5.41) is 7.63. The number of nitrogens with one attached hydrogen (secondary N) is 1. The van der Waals surface area contributed by atoms with Gasteiger partial charge in [0.25, 0.3) is 11.8 Å². The SMILES string of the molecule is CN1C(=O)CCCN(Cc2ccccc2OCC(=O)N2CCCCC2)CCCNC(=O)c2nn(C)c3c2CC1CC3. The van der Waals surface area contributed by atoms with Gasteiger partial charge < -0.3 is 19.9 Å². The van der Waals surface area contributed by atoms with Gasteiger partial charge in [0, 0.05) is 76.1 Å². The van der Waals surface area contributed by atoms with Gasteiger partial charge in [-0.25, -0.2) is 0 Å². The van der Waals surface area contributed by atoms with Crippen LogP contribution in [0.4, 0.5) is 0 Å². The molecule has 10 nitrogen and oxygen atoms in total. The molecule has 41 heavy (non-hydrogen) atoms. The number of rotatable bonds is 5. The average Bonchev–Trinajstić information content (AvgIpc) is 3.33. The van der Waals surface area contributed by atoms with E-state index < -0.39 is 0 Å². The molecule has 5 rings (SSSR count). The molecule has 1 aromatic heterocycles. The van der Waals surface area contributed by atoms with E-state index >= 15 is 0 Å². The number of aryl methyl sites for hydroxylation is 1. The first-order valence-electron chi connectivity index (χ1n) is 15.2.